The first kappa shape index (κ1) is 18.1. The molecule has 0 spiro atoms. The van der Waals surface area contributed by atoms with Gasteiger partial charge in [0, 0.05) is 11.5 Å². The molecule has 0 saturated heterocycles. The molecule has 0 aromatic heterocycles. The highest BCUT2D eigenvalue weighted by Crippen LogP contribution is 2.31. The average molecular weight is 353 g/mol. The van der Waals surface area contributed by atoms with E-state index in [0.717, 1.165) is 23.3 Å². The van der Waals surface area contributed by atoms with Gasteiger partial charge >= 0.3 is 5.97 Å². The number of rotatable bonds is 6. The van der Waals surface area contributed by atoms with Crippen LogP contribution in [0.5, 0.6) is 5.75 Å². The zero-order valence-corrected chi connectivity index (χ0v) is 14.8. The topological polar surface area (TPSA) is 78.6 Å². The van der Waals surface area contributed by atoms with Crippen molar-refractivity contribution in [1.82, 2.24) is 0 Å². The molecule has 2 atom stereocenters. The van der Waals surface area contributed by atoms with E-state index in [1.165, 1.54) is 7.11 Å². The van der Waals surface area contributed by atoms with Crippen LogP contribution in [0.2, 0.25) is 0 Å². The second-order valence-electron chi connectivity index (χ2n) is 6.56. The summed E-state index contributed by atoms with van der Waals surface area (Å²) >= 11 is 0. The lowest BCUT2D eigenvalue weighted by Crippen LogP contribution is -2.36. The number of aryl methyl sites for hydroxylation is 1. The van der Waals surface area contributed by atoms with Crippen molar-refractivity contribution >= 4 is 11.8 Å². The third kappa shape index (κ3) is 4.11. The fourth-order valence-electron chi connectivity index (χ4n) is 3.31. The second-order valence-corrected chi connectivity index (χ2v) is 6.56. The summed E-state index contributed by atoms with van der Waals surface area (Å²) in [5.74, 6) is 0.0753. The molecule has 0 saturated carbocycles. The maximum absolute atomic E-state index is 12.7. The highest BCUT2D eigenvalue weighted by molar-refractivity contribution is 6.00. The monoisotopic (exact) mass is 353 g/mol. The molecular formula is C21H23NO4. The van der Waals surface area contributed by atoms with Crippen LogP contribution in [-0.2, 0) is 22.6 Å². The number of methoxy groups -OCH3 is 1. The predicted molar refractivity (Wildman–Crippen MR) is 98.0 cm³/mol. The smallest absolute Gasteiger partial charge is 0.322 e. The zero-order chi connectivity index (χ0) is 18.5. The first-order valence-corrected chi connectivity index (χ1v) is 8.75. The predicted octanol–water partition coefficient (Wildman–Crippen LogP) is 2.90. The zero-order valence-electron chi connectivity index (χ0n) is 14.8. The van der Waals surface area contributed by atoms with Gasteiger partial charge in [-0.2, -0.15) is 0 Å². The van der Waals surface area contributed by atoms with Crippen molar-refractivity contribution in [2.24, 2.45) is 11.7 Å². The summed E-state index contributed by atoms with van der Waals surface area (Å²) in [5, 5.41) is 0. The Morgan fingerprint density at radius 1 is 1.23 bits per heavy atom. The summed E-state index contributed by atoms with van der Waals surface area (Å²) in [7, 11) is 1.30. The van der Waals surface area contributed by atoms with Crippen LogP contribution in [0.4, 0.5) is 0 Å². The molecule has 0 amide bonds. The molecule has 2 N–H and O–H groups in total. The van der Waals surface area contributed by atoms with E-state index in [-0.39, 0.29) is 11.7 Å². The first-order valence-electron chi connectivity index (χ1n) is 8.75. The molecule has 5 heteroatoms. The average Bonchev–Trinajstić information content (AvgIpc) is 2.68. The van der Waals surface area contributed by atoms with E-state index in [0.29, 0.717) is 25.0 Å². The number of hydrogen-bond donors (Lipinski definition) is 1. The van der Waals surface area contributed by atoms with Crippen LogP contribution in [-0.4, -0.2) is 24.9 Å². The summed E-state index contributed by atoms with van der Waals surface area (Å²) in [6.45, 7) is 0.490. The second kappa shape index (κ2) is 8.15. The molecule has 0 radical (unpaired) electrons. The number of fused-ring (bicyclic) bond motifs is 1. The van der Waals surface area contributed by atoms with E-state index in [4.69, 9.17) is 10.5 Å². The number of ether oxygens (including phenoxy) is 2. The molecule has 3 rings (SSSR count). The van der Waals surface area contributed by atoms with Crippen molar-refractivity contribution in [3.05, 3.63) is 65.2 Å². The Hall–Kier alpha value is -2.66. The number of nitrogens with two attached hydrogens (primary N) is 1. The van der Waals surface area contributed by atoms with Crippen LogP contribution >= 0.6 is 0 Å². The largest absolute Gasteiger partial charge is 0.489 e. The van der Waals surface area contributed by atoms with E-state index in [9.17, 15) is 9.59 Å². The van der Waals surface area contributed by atoms with E-state index in [2.05, 4.69) is 4.74 Å². The standard InChI is InChI=1S/C21H23NO4/c1-25-21(24)19(22)12-16-8-7-15-11-17(9-10-18(15)20(16)23)26-13-14-5-3-2-4-6-14/h2-6,9-11,16,19H,7-8,12-13,22H2,1H3. The Bertz CT molecular complexity index is 788. The Morgan fingerprint density at radius 2 is 2.00 bits per heavy atom. The first-order chi connectivity index (χ1) is 12.6. The van der Waals surface area contributed by atoms with Crippen LogP contribution in [0.25, 0.3) is 0 Å². The lowest BCUT2D eigenvalue weighted by Gasteiger charge is -2.25. The van der Waals surface area contributed by atoms with Gasteiger partial charge in [0.1, 0.15) is 18.4 Å². The van der Waals surface area contributed by atoms with Gasteiger partial charge in [0.15, 0.2) is 5.78 Å². The summed E-state index contributed by atoms with van der Waals surface area (Å²) in [6.07, 6.45) is 1.76. The number of carbonyl (C=O) groups is 2. The fraction of sp³-hybridized carbons (Fsp3) is 0.333. The van der Waals surface area contributed by atoms with Crippen molar-refractivity contribution in [3.63, 3.8) is 0 Å². The minimum atomic E-state index is -0.760. The SMILES string of the molecule is COC(=O)C(N)CC1CCc2cc(OCc3ccccc3)ccc2C1=O. The van der Waals surface area contributed by atoms with Gasteiger partial charge < -0.3 is 15.2 Å². The van der Waals surface area contributed by atoms with Crippen LogP contribution in [0.1, 0.15) is 34.3 Å². The Balaban J connectivity index is 1.66. The Morgan fingerprint density at radius 3 is 2.73 bits per heavy atom. The molecule has 26 heavy (non-hydrogen) atoms. The molecule has 2 unspecified atom stereocenters. The fourth-order valence-corrected chi connectivity index (χ4v) is 3.31. The highest BCUT2D eigenvalue weighted by atomic mass is 16.5. The number of carbonyl (C=O) groups excluding carboxylic acids is 2. The summed E-state index contributed by atoms with van der Waals surface area (Å²) in [6, 6.07) is 14.8. The van der Waals surface area contributed by atoms with E-state index in [1.807, 2.05) is 48.5 Å². The van der Waals surface area contributed by atoms with Gasteiger partial charge in [-0.1, -0.05) is 30.3 Å². The molecule has 136 valence electrons. The molecule has 1 aliphatic rings. The quantitative estimate of drug-likeness (QED) is 0.808. The summed E-state index contributed by atoms with van der Waals surface area (Å²) in [4.78, 5) is 24.2. The lowest BCUT2D eigenvalue weighted by atomic mass is 9.79. The molecule has 2 aromatic carbocycles. The van der Waals surface area contributed by atoms with Crippen molar-refractivity contribution in [2.75, 3.05) is 7.11 Å². The third-order valence-corrected chi connectivity index (χ3v) is 4.77. The minimum absolute atomic E-state index is 0.0419. The van der Waals surface area contributed by atoms with Gasteiger partial charge in [-0.25, -0.2) is 0 Å². The molecule has 0 heterocycles. The number of benzene rings is 2. The molecule has 5 nitrogen and oxygen atoms in total. The maximum Gasteiger partial charge on any atom is 0.322 e. The van der Waals surface area contributed by atoms with Crippen LogP contribution < -0.4 is 10.5 Å². The highest BCUT2D eigenvalue weighted by Gasteiger charge is 2.31. The van der Waals surface area contributed by atoms with Crippen LogP contribution in [0, 0.1) is 5.92 Å². The number of ketones is 1. The van der Waals surface area contributed by atoms with Gasteiger partial charge in [0.05, 0.1) is 7.11 Å². The molecule has 0 fully saturated rings. The maximum atomic E-state index is 12.7. The summed E-state index contributed by atoms with van der Waals surface area (Å²) < 4.78 is 10.5. The minimum Gasteiger partial charge on any atom is -0.489 e. The lowest BCUT2D eigenvalue weighted by molar-refractivity contribution is -0.142. The summed E-state index contributed by atoms with van der Waals surface area (Å²) in [5.41, 5.74) is 8.60. The van der Waals surface area contributed by atoms with E-state index < -0.39 is 12.0 Å². The van der Waals surface area contributed by atoms with Gasteiger partial charge in [-0.3, -0.25) is 9.59 Å². The van der Waals surface area contributed by atoms with Crippen molar-refractivity contribution < 1.29 is 19.1 Å². The molecule has 2 aromatic rings. The van der Waals surface area contributed by atoms with Gasteiger partial charge in [0.25, 0.3) is 0 Å². The van der Waals surface area contributed by atoms with Crippen molar-refractivity contribution in [2.45, 2.75) is 31.9 Å². The van der Waals surface area contributed by atoms with Gasteiger partial charge in [-0.15, -0.1) is 0 Å². The van der Waals surface area contributed by atoms with E-state index >= 15 is 0 Å². The van der Waals surface area contributed by atoms with Crippen LogP contribution in [0.15, 0.2) is 48.5 Å². The van der Waals surface area contributed by atoms with E-state index in [1.54, 1.807) is 0 Å². The molecule has 0 aliphatic heterocycles. The number of esters is 1. The van der Waals surface area contributed by atoms with Gasteiger partial charge in [-0.05, 0) is 48.6 Å². The molecular weight excluding hydrogens is 330 g/mol. The molecule has 0 bridgehead atoms. The van der Waals surface area contributed by atoms with Crippen LogP contribution in [0.3, 0.4) is 0 Å². The Kier molecular flexibility index (Phi) is 5.68. The normalized spacial score (nSPS) is 17.3. The number of Topliss-reactive ketones (excluding diaryl/α,β-unsaturated/α-hetero) is 1. The van der Waals surface area contributed by atoms with Crippen molar-refractivity contribution in [3.8, 4) is 5.75 Å². The number of hydrogen-bond acceptors (Lipinski definition) is 5. The molecule has 1 aliphatic carbocycles. The van der Waals surface area contributed by atoms with Gasteiger partial charge in [0.2, 0.25) is 0 Å². The van der Waals surface area contributed by atoms with Crippen molar-refractivity contribution in [1.29, 1.82) is 0 Å². The third-order valence-electron chi connectivity index (χ3n) is 4.77. The Labute approximate surface area is 153 Å².